The Bertz CT molecular complexity index is 2080. The van der Waals surface area contributed by atoms with Crippen LogP contribution in [0.1, 0.15) is 53.1 Å². The third kappa shape index (κ3) is 7.51. The van der Waals surface area contributed by atoms with Crippen LogP contribution in [0.5, 0.6) is 5.75 Å². The fourth-order valence-electron chi connectivity index (χ4n) is 5.54. The van der Waals surface area contributed by atoms with Gasteiger partial charge in [-0.25, -0.2) is 14.7 Å². The lowest BCUT2D eigenvalue weighted by molar-refractivity contribution is 0.0322. The van der Waals surface area contributed by atoms with Gasteiger partial charge in [0.15, 0.2) is 16.6 Å². The molecule has 5 heterocycles. The third-order valence-electron chi connectivity index (χ3n) is 8.42. The molecule has 6 aromatic rings. The minimum Gasteiger partial charge on any atom is -0.492 e. The van der Waals surface area contributed by atoms with Crippen molar-refractivity contribution in [1.82, 2.24) is 24.6 Å². The first-order valence-corrected chi connectivity index (χ1v) is 17.2. The number of urea groups is 1. The number of ether oxygens (including phenoxy) is 2. The zero-order chi connectivity index (χ0) is 34.3. The van der Waals surface area contributed by atoms with Crippen LogP contribution in [-0.4, -0.2) is 70.1 Å². The molecule has 12 nitrogen and oxygen atoms in total. The molecule has 0 atom stereocenters. The Morgan fingerprint density at radius 3 is 2.32 bits per heavy atom. The van der Waals surface area contributed by atoms with Crippen molar-refractivity contribution in [2.45, 2.75) is 52.4 Å². The smallest absolute Gasteiger partial charge is 0.333 e. The zero-order valence-electron chi connectivity index (χ0n) is 29.1. The molecule has 1 aliphatic heterocycles. The average Bonchev–Trinajstić information content (AvgIpc) is 3.86. The van der Waals surface area contributed by atoms with Crippen molar-refractivity contribution >= 4 is 62.3 Å². The number of carbonyl (C=O) groups is 1. The van der Waals surface area contributed by atoms with Gasteiger partial charge in [-0.3, -0.25) is 14.6 Å². The molecule has 0 saturated carbocycles. The van der Waals surface area contributed by atoms with Gasteiger partial charge >= 0.3 is 6.03 Å². The van der Waals surface area contributed by atoms with Crippen LogP contribution < -0.4 is 15.0 Å². The maximum atomic E-state index is 13.8. The second kappa shape index (κ2) is 14.1. The van der Waals surface area contributed by atoms with Crippen LogP contribution in [0.15, 0.2) is 69.8 Å². The predicted octanol–water partition coefficient (Wildman–Crippen LogP) is 8.29. The summed E-state index contributed by atoms with van der Waals surface area (Å²) in [6.07, 6.45) is 2.04. The van der Waals surface area contributed by atoms with E-state index in [1.54, 1.807) is 23.5 Å². The van der Waals surface area contributed by atoms with Crippen molar-refractivity contribution in [2.75, 3.05) is 49.7 Å². The van der Waals surface area contributed by atoms with Crippen LogP contribution in [0.3, 0.4) is 0 Å². The predicted molar refractivity (Wildman–Crippen MR) is 198 cm³/mol. The highest BCUT2D eigenvalue weighted by Gasteiger charge is 2.28. The largest absolute Gasteiger partial charge is 0.492 e. The maximum absolute atomic E-state index is 13.8. The Morgan fingerprint density at radius 2 is 1.64 bits per heavy atom. The van der Waals surface area contributed by atoms with E-state index in [-0.39, 0.29) is 23.2 Å². The minimum atomic E-state index is -0.450. The molecule has 0 unspecified atom stereocenters. The topological polar surface area (TPSA) is 123 Å². The zero-order valence-corrected chi connectivity index (χ0v) is 30.7. The first-order chi connectivity index (χ1) is 23.4. The number of morpholine rings is 1. The molecule has 1 saturated heterocycles. The first-order valence-electron chi connectivity index (χ1n) is 16.4. The first kappa shape index (κ1) is 35.4. The molecule has 1 N–H and O–H groups in total. The summed E-state index contributed by atoms with van der Waals surface area (Å²) in [5, 5.41) is 11.2. The second-order valence-corrected chi connectivity index (χ2v) is 15.3. The Kier molecular flexibility index (Phi) is 9.95. The Hall–Kier alpha value is -4.43. The second-order valence-electron chi connectivity index (χ2n) is 14.3. The number of aromatic nitrogens is 4. The van der Waals surface area contributed by atoms with Crippen LogP contribution >= 0.6 is 23.7 Å². The molecule has 14 heteroatoms. The fourth-order valence-corrected chi connectivity index (χ4v) is 6.58. The van der Waals surface area contributed by atoms with Gasteiger partial charge in [-0.05, 0) is 30.3 Å². The van der Waals surface area contributed by atoms with Crippen LogP contribution in [0.4, 0.5) is 22.1 Å². The van der Waals surface area contributed by atoms with E-state index in [4.69, 9.17) is 23.5 Å². The normalized spacial score (nSPS) is 14.2. The molecule has 1 aliphatic rings. The van der Waals surface area contributed by atoms with E-state index in [1.165, 1.54) is 4.90 Å². The molecule has 264 valence electrons. The lowest BCUT2D eigenvalue weighted by Gasteiger charge is -2.26. The number of nitrogens with zero attached hydrogens (tertiary/aromatic N) is 6. The molecule has 7 rings (SSSR count). The molecule has 0 radical (unpaired) electrons. The van der Waals surface area contributed by atoms with E-state index in [9.17, 15) is 4.79 Å². The van der Waals surface area contributed by atoms with E-state index >= 15 is 0 Å². The summed E-state index contributed by atoms with van der Waals surface area (Å²) in [5.41, 5.74) is 2.87. The van der Waals surface area contributed by atoms with Gasteiger partial charge in [0.25, 0.3) is 0 Å². The number of benzene rings is 2. The minimum absolute atomic E-state index is 0. The van der Waals surface area contributed by atoms with Crippen molar-refractivity contribution in [3.8, 4) is 17.0 Å². The lowest BCUT2D eigenvalue weighted by Crippen LogP contribution is -2.38. The molecule has 2 amide bonds. The quantitative estimate of drug-likeness (QED) is 0.165. The highest BCUT2D eigenvalue weighted by molar-refractivity contribution is 7.23. The Balaban J connectivity index is 0.00000432. The monoisotopic (exact) mass is 719 g/mol. The van der Waals surface area contributed by atoms with Gasteiger partial charge in [0.1, 0.15) is 23.9 Å². The number of thiazole rings is 1. The van der Waals surface area contributed by atoms with Crippen molar-refractivity contribution in [3.05, 3.63) is 72.3 Å². The molecular formula is C36H42ClN7O5S. The number of halogens is 1. The van der Waals surface area contributed by atoms with Gasteiger partial charge in [0.05, 0.1) is 34.8 Å². The fraction of sp³-hybridized carbons (Fsp3) is 0.389. The number of anilines is 3. The van der Waals surface area contributed by atoms with E-state index in [2.05, 4.69) is 37.1 Å². The highest BCUT2D eigenvalue weighted by atomic mass is 35.5. The van der Waals surface area contributed by atoms with E-state index in [1.807, 2.05) is 78.1 Å². The van der Waals surface area contributed by atoms with Gasteiger partial charge in [-0.2, -0.15) is 0 Å². The van der Waals surface area contributed by atoms with E-state index < -0.39 is 6.03 Å². The number of hydrogen-bond acceptors (Lipinski definition) is 10. The average molecular weight is 720 g/mol. The summed E-state index contributed by atoms with van der Waals surface area (Å²) >= 11 is 1.62. The van der Waals surface area contributed by atoms with Crippen molar-refractivity contribution in [2.24, 2.45) is 0 Å². The maximum Gasteiger partial charge on any atom is 0.333 e. The summed E-state index contributed by atoms with van der Waals surface area (Å²) in [7, 11) is 0. The summed E-state index contributed by atoms with van der Waals surface area (Å²) < 4.78 is 25.9. The van der Waals surface area contributed by atoms with Gasteiger partial charge in [-0.15, -0.1) is 12.4 Å². The van der Waals surface area contributed by atoms with Crippen LogP contribution in [-0.2, 0) is 15.6 Å². The summed E-state index contributed by atoms with van der Waals surface area (Å²) in [4.78, 5) is 23.4. The molecular weight excluding hydrogens is 678 g/mol. The number of fused-ring (bicyclic) bond motifs is 3. The number of amides is 2. The van der Waals surface area contributed by atoms with E-state index in [0.717, 1.165) is 65.0 Å². The Labute approximate surface area is 300 Å². The van der Waals surface area contributed by atoms with Gasteiger partial charge in [0.2, 0.25) is 0 Å². The van der Waals surface area contributed by atoms with E-state index in [0.29, 0.717) is 35.5 Å². The lowest BCUT2D eigenvalue weighted by atomic mass is 9.93. The molecule has 1 fully saturated rings. The summed E-state index contributed by atoms with van der Waals surface area (Å²) in [5.74, 6) is 2.84. The SMILES string of the molecule is CC(C)(C)c1cc(NC(=O)N(c2ccc(-c3cn4c(n3)sc3cc(OCCN5CCOCC5)ccc34)cc2)c2cc(C(C)(C)C)on2)no1.Cl. The van der Waals surface area contributed by atoms with Crippen molar-refractivity contribution in [3.63, 3.8) is 0 Å². The summed E-state index contributed by atoms with van der Waals surface area (Å²) in [6.45, 7) is 17.1. The molecule has 0 spiro atoms. The summed E-state index contributed by atoms with van der Waals surface area (Å²) in [6, 6.07) is 16.9. The molecule has 0 bridgehead atoms. The van der Waals surface area contributed by atoms with Gasteiger partial charge in [0, 0.05) is 54.4 Å². The molecule has 4 aromatic heterocycles. The van der Waals surface area contributed by atoms with Crippen molar-refractivity contribution < 1.29 is 23.3 Å². The number of carbonyl (C=O) groups excluding carboxylic acids is 1. The highest BCUT2D eigenvalue weighted by Crippen LogP contribution is 2.35. The number of rotatable bonds is 8. The molecule has 50 heavy (non-hydrogen) atoms. The van der Waals surface area contributed by atoms with Crippen molar-refractivity contribution in [1.29, 1.82) is 0 Å². The Morgan fingerprint density at radius 1 is 0.940 bits per heavy atom. The third-order valence-corrected chi connectivity index (χ3v) is 9.44. The van der Waals surface area contributed by atoms with Gasteiger partial charge < -0.3 is 18.5 Å². The van der Waals surface area contributed by atoms with Crippen LogP contribution in [0, 0.1) is 0 Å². The standard InChI is InChI=1S/C36H41N7O5S.ClH/c1-35(2,3)29-20-31(39-47-29)38-33(44)43(32-21-30(48-40-32)36(4,5)6)24-9-7-23(8-10-24)26-22-42-27-12-11-25(19-28(27)49-34(42)37-26)46-18-15-41-13-16-45-17-14-41;/h7-12,19-22H,13-18H2,1-6H3,(H,38,39,44);1H. The number of hydrogen-bond donors (Lipinski definition) is 1. The van der Waals surface area contributed by atoms with Crippen LogP contribution in [0.2, 0.25) is 0 Å². The number of nitrogens with one attached hydrogen (secondary N) is 1. The van der Waals surface area contributed by atoms with Crippen LogP contribution in [0.25, 0.3) is 26.4 Å². The number of imidazole rings is 1. The molecule has 0 aliphatic carbocycles. The van der Waals surface area contributed by atoms with Gasteiger partial charge in [-0.1, -0.05) is 75.3 Å². The molecule has 2 aromatic carbocycles.